The fraction of sp³-hybridized carbons (Fsp3) is 0.393. The third-order valence-corrected chi connectivity index (χ3v) is 7.64. The molecule has 32 heavy (non-hydrogen) atoms. The molecule has 2 aliphatic rings. The van der Waals surface area contributed by atoms with Crippen LogP contribution in [0.1, 0.15) is 45.7 Å². The molecule has 2 unspecified atom stereocenters. The molecule has 1 aliphatic heterocycles. The van der Waals surface area contributed by atoms with Gasteiger partial charge in [-0.3, -0.25) is 4.90 Å². The summed E-state index contributed by atoms with van der Waals surface area (Å²) in [6, 6.07) is 19.9. The van der Waals surface area contributed by atoms with E-state index in [1.807, 2.05) is 18.3 Å². The Morgan fingerprint density at radius 3 is 2.66 bits per heavy atom. The number of hydrogen-bond acceptors (Lipinski definition) is 3. The van der Waals surface area contributed by atoms with Crippen LogP contribution in [0.25, 0.3) is 27.7 Å². The molecule has 0 amide bonds. The Kier molecular flexibility index (Phi) is 4.22. The second-order valence-electron chi connectivity index (χ2n) is 11.3. The number of hydrogen-bond donors (Lipinski definition) is 1. The van der Waals surface area contributed by atoms with Crippen LogP contribution in [0.15, 0.2) is 60.8 Å². The predicted octanol–water partition coefficient (Wildman–Crippen LogP) is 6.14. The summed E-state index contributed by atoms with van der Waals surface area (Å²) in [5.74, 6) is 0. The fourth-order valence-corrected chi connectivity index (χ4v) is 6.78. The number of aromatic nitrogens is 2. The molecule has 1 aliphatic carbocycles. The standard InChI is InChI=1S/C28H32N4/c1-27(2)13-23-14-28(3,17-27)18-31(23)16-24-26(30-25-11-10-22(29)15-32(24)25)21-9-8-19-6-4-5-7-20(19)12-21/h4-12,15,23H,13-14,16-18,29H2,1-3H3. The Morgan fingerprint density at radius 2 is 1.81 bits per heavy atom. The molecule has 2 aromatic carbocycles. The van der Waals surface area contributed by atoms with Gasteiger partial charge in [0.1, 0.15) is 5.65 Å². The van der Waals surface area contributed by atoms with Gasteiger partial charge in [0, 0.05) is 36.6 Å². The van der Waals surface area contributed by atoms with Crippen LogP contribution in [0.4, 0.5) is 5.69 Å². The molecule has 2 bridgehead atoms. The maximum atomic E-state index is 6.20. The van der Waals surface area contributed by atoms with Crippen LogP contribution in [-0.2, 0) is 6.54 Å². The van der Waals surface area contributed by atoms with Crippen molar-refractivity contribution in [3.8, 4) is 11.3 Å². The topological polar surface area (TPSA) is 46.6 Å². The Labute approximate surface area is 190 Å². The van der Waals surface area contributed by atoms with Crippen LogP contribution in [0.5, 0.6) is 0 Å². The van der Waals surface area contributed by atoms with Gasteiger partial charge in [0.05, 0.1) is 11.4 Å². The number of benzene rings is 2. The van der Waals surface area contributed by atoms with E-state index in [9.17, 15) is 0 Å². The van der Waals surface area contributed by atoms with Gasteiger partial charge in [-0.05, 0) is 59.1 Å². The van der Waals surface area contributed by atoms with Gasteiger partial charge in [-0.1, -0.05) is 57.2 Å². The zero-order valence-corrected chi connectivity index (χ0v) is 19.3. The van der Waals surface area contributed by atoms with Gasteiger partial charge in [0.25, 0.3) is 0 Å². The van der Waals surface area contributed by atoms with Gasteiger partial charge < -0.3 is 10.1 Å². The van der Waals surface area contributed by atoms with E-state index < -0.39 is 0 Å². The highest BCUT2D eigenvalue weighted by Crippen LogP contribution is 2.53. The summed E-state index contributed by atoms with van der Waals surface area (Å²) in [7, 11) is 0. The molecule has 2 fully saturated rings. The molecular formula is C28H32N4. The van der Waals surface area contributed by atoms with Gasteiger partial charge in [-0.15, -0.1) is 0 Å². The summed E-state index contributed by atoms with van der Waals surface area (Å²) in [6.07, 6.45) is 5.92. The number of nitrogen functional groups attached to an aromatic ring is 1. The Morgan fingerprint density at radius 1 is 1.00 bits per heavy atom. The molecule has 1 saturated carbocycles. The Hall–Kier alpha value is -2.85. The minimum atomic E-state index is 0.412. The largest absolute Gasteiger partial charge is 0.398 e. The van der Waals surface area contributed by atoms with E-state index in [4.69, 9.17) is 10.7 Å². The maximum absolute atomic E-state index is 6.20. The number of nitrogens with zero attached hydrogens (tertiary/aromatic N) is 3. The molecule has 2 aromatic heterocycles. The minimum Gasteiger partial charge on any atom is -0.398 e. The van der Waals surface area contributed by atoms with Crippen molar-refractivity contribution in [1.82, 2.24) is 14.3 Å². The third kappa shape index (κ3) is 3.29. The van der Waals surface area contributed by atoms with Gasteiger partial charge in [-0.2, -0.15) is 0 Å². The van der Waals surface area contributed by atoms with Crippen LogP contribution in [-0.4, -0.2) is 26.9 Å². The van der Waals surface area contributed by atoms with E-state index in [-0.39, 0.29) is 0 Å². The number of anilines is 1. The van der Waals surface area contributed by atoms with Gasteiger partial charge in [-0.25, -0.2) is 4.98 Å². The van der Waals surface area contributed by atoms with Crippen molar-refractivity contribution < 1.29 is 0 Å². The van der Waals surface area contributed by atoms with Crippen LogP contribution >= 0.6 is 0 Å². The van der Waals surface area contributed by atoms with Gasteiger partial charge in [0.15, 0.2) is 0 Å². The summed E-state index contributed by atoms with van der Waals surface area (Å²) in [6.45, 7) is 9.43. The van der Waals surface area contributed by atoms with Gasteiger partial charge in [0.2, 0.25) is 0 Å². The molecule has 164 valence electrons. The number of pyridine rings is 1. The summed E-state index contributed by atoms with van der Waals surface area (Å²) < 4.78 is 2.22. The van der Waals surface area contributed by atoms with E-state index in [0.717, 1.165) is 30.1 Å². The Balaban J connectivity index is 1.46. The zero-order valence-electron chi connectivity index (χ0n) is 19.3. The van der Waals surface area contributed by atoms with Crippen LogP contribution in [0.3, 0.4) is 0 Å². The molecule has 1 saturated heterocycles. The lowest BCUT2D eigenvalue weighted by atomic mass is 9.65. The van der Waals surface area contributed by atoms with Crippen LogP contribution < -0.4 is 5.73 Å². The van der Waals surface area contributed by atoms with Crippen molar-refractivity contribution >= 4 is 22.1 Å². The first-order valence-corrected chi connectivity index (χ1v) is 11.8. The van der Waals surface area contributed by atoms with E-state index in [1.54, 1.807) is 0 Å². The first-order valence-electron chi connectivity index (χ1n) is 11.8. The molecule has 4 heteroatoms. The molecule has 6 rings (SSSR count). The lowest BCUT2D eigenvalue weighted by Gasteiger charge is -2.40. The summed E-state index contributed by atoms with van der Waals surface area (Å²) in [5, 5.41) is 2.51. The number of imidazole rings is 1. The van der Waals surface area contributed by atoms with Crippen molar-refractivity contribution in [3.05, 3.63) is 66.5 Å². The summed E-state index contributed by atoms with van der Waals surface area (Å²) in [5.41, 5.74) is 12.3. The molecule has 2 atom stereocenters. The maximum Gasteiger partial charge on any atom is 0.137 e. The van der Waals surface area contributed by atoms with Crippen molar-refractivity contribution in [3.63, 3.8) is 0 Å². The minimum absolute atomic E-state index is 0.412. The predicted molar refractivity (Wildman–Crippen MR) is 132 cm³/mol. The van der Waals surface area contributed by atoms with Crippen molar-refractivity contribution in [2.75, 3.05) is 12.3 Å². The second-order valence-corrected chi connectivity index (χ2v) is 11.3. The third-order valence-electron chi connectivity index (χ3n) is 7.64. The second kappa shape index (κ2) is 6.82. The molecule has 3 heterocycles. The highest BCUT2D eigenvalue weighted by atomic mass is 15.2. The molecule has 0 spiro atoms. The highest BCUT2D eigenvalue weighted by molar-refractivity contribution is 5.87. The average Bonchev–Trinajstić information content (AvgIpc) is 3.20. The van der Waals surface area contributed by atoms with E-state index in [2.05, 4.69) is 72.5 Å². The number of rotatable bonds is 3. The number of nitrogens with two attached hydrogens (primary N) is 1. The monoisotopic (exact) mass is 424 g/mol. The lowest BCUT2D eigenvalue weighted by Crippen LogP contribution is -2.34. The summed E-state index contributed by atoms with van der Waals surface area (Å²) >= 11 is 0. The Bertz CT molecular complexity index is 1330. The van der Waals surface area contributed by atoms with Crippen molar-refractivity contribution in [2.24, 2.45) is 10.8 Å². The van der Waals surface area contributed by atoms with Crippen LogP contribution in [0.2, 0.25) is 0 Å². The van der Waals surface area contributed by atoms with E-state index >= 15 is 0 Å². The fourth-order valence-electron chi connectivity index (χ4n) is 6.78. The quantitative estimate of drug-likeness (QED) is 0.430. The number of likely N-dealkylation sites (tertiary alicyclic amines) is 1. The molecule has 2 N–H and O–H groups in total. The normalized spacial score (nSPS) is 25.0. The molecule has 4 nitrogen and oxygen atoms in total. The zero-order chi connectivity index (χ0) is 22.1. The SMILES string of the molecule is CC1(C)CC2CC(C)(CN2Cc2c(-c3ccc4ccccc4c3)nc3ccc(N)cn23)C1. The first kappa shape index (κ1) is 19.8. The lowest BCUT2D eigenvalue weighted by molar-refractivity contribution is 0.126. The van der Waals surface area contributed by atoms with Crippen LogP contribution in [0, 0.1) is 10.8 Å². The smallest absolute Gasteiger partial charge is 0.137 e. The molecule has 0 radical (unpaired) electrons. The van der Waals surface area contributed by atoms with E-state index in [0.29, 0.717) is 16.9 Å². The van der Waals surface area contributed by atoms with Gasteiger partial charge >= 0.3 is 0 Å². The highest BCUT2D eigenvalue weighted by Gasteiger charge is 2.49. The van der Waals surface area contributed by atoms with Crippen molar-refractivity contribution in [2.45, 2.75) is 52.6 Å². The summed E-state index contributed by atoms with van der Waals surface area (Å²) in [4.78, 5) is 7.80. The molecular weight excluding hydrogens is 392 g/mol. The average molecular weight is 425 g/mol. The first-order chi connectivity index (χ1) is 15.3. The van der Waals surface area contributed by atoms with E-state index in [1.165, 1.54) is 41.3 Å². The molecule has 4 aromatic rings. The number of fused-ring (bicyclic) bond motifs is 4. The van der Waals surface area contributed by atoms with Crippen molar-refractivity contribution in [1.29, 1.82) is 0 Å².